The third-order valence-electron chi connectivity index (χ3n) is 8.87. The molecule has 63 heavy (non-hydrogen) atoms. The maximum absolute atomic E-state index is 13.4. The first kappa shape index (κ1) is 49.8. The molecule has 0 radical (unpaired) electrons. The molecule has 0 aromatic heterocycles. The molecular formula is C45H63ClN8O9. The van der Waals surface area contributed by atoms with Gasteiger partial charge in [0.05, 0.1) is 0 Å². The normalized spacial score (nSPS) is 15.5. The van der Waals surface area contributed by atoms with Gasteiger partial charge >= 0.3 is 24.4 Å². The van der Waals surface area contributed by atoms with Crippen LogP contribution in [0.4, 0.5) is 30.6 Å². The van der Waals surface area contributed by atoms with E-state index >= 15 is 0 Å². The monoisotopic (exact) mass is 894 g/mol. The van der Waals surface area contributed by atoms with Crippen LogP contribution in [0, 0.1) is 6.92 Å². The molecule has 0 bridgehead atoms. The highest BCUT2D eigenvalue weighted by Crippen LogP contribution is 2.31. The van der Waals surface area contributed by atoms with Crippen LogP contribution in [-0.4, -0.2) is 114 Å². The van der Waals surface area contributed by atoms with Crippen molar-refractivity contribution in [2.45, 2.75) is 119 Å². The molecule has 1 fully saturated rings. The van der Waals surface area contributed by atoms with Crippen LogP contribution in [0.2, 0.25) is 5.02 Å². The van der Waals surface area contributed by atoms with Crippen molar-refractivity contribution in [3.8, 4) is 0 Å². The fourth-order valence-electron chi connectivity index (χ4n) is 6.36. The zero-order chi connectivity index (χ0) is 47.1. The van der Waals surface area contributed by atoms with Crippen LogP contribution < -0.4 is 20.9 Å². The number of carbonyl (C=O) groups excluding carboxylic acids is 5. The minimum Gasteiger partial charge on any atom is -0.444 e. The number of hydrogen-bond donors (Lipinski definition) is 3. The molecule has 5 amide bonds. The molecular weight excluding hydrogens is 832 g/mol. The van der Waals surface area contributed by atoms with Crippen molar-refractivity contribution in [3.05, 3.63) is 64.2 Å². The fraction of sp³-hybridized carbons (Fsp3) is 0.533. The number of benzene rings is 2. The van der Waals surface area contributed by atoms with E-state index in [0.717, 1.165) is 22.4 Å². The number of nitrogens with one attached hydrogen (secondary N) is 3. The standard InChI is InChI=1S/C45H63ClN8O9/c1-28-26-31(15-17-34(28)52-22-24-54(25-23-52)37(50-40(58)62-44(8,9)10)51-41(59)63-45(11,12)13)47-35(55)30-14-16-32(33(46)27-30)29-18-20-53(21-19-29)36(48-38(56)60-42(2,3)4)49-39(57)61-43(5,6)7/h14-18,26-27H,19-25H2,1-13H3,(H,47,55)(H,48,49,56,57)(H,50,51,58,59). The molecule has 2 aromatic rings. The smallest absolute Gasteiger partial charge is 0.437 e. The average molecular weight is 895 g/mol. The molecule has 2 heterocycles. The number of amides is 5. The maximum Gasteiger partial charge on any atom is 0.437 e. The van der Waals surface area contributed by atoms with Gasteiger partial charge in [0.2, 0.25) is 11.9 Å². The summed E-state index contributed by atoms with van der Waals surface area (Å²) in [6.07, 6.45) is -0.744. The summed E-state index contributed by atoms with van der Waals surface area (Å²) >= 11 is 6.77. The van der Waals surface area contributed by atoms with Crippen molar-refractivity contribution in [3.63, 3.8) is 0 Å². The lowest BCUT2D eigenvalue weighted by molar-refractivity contribution is 0.0536. The van der Waals surface area contributed by atoms with E-state index in [1.165, 1.54) is 0 Å². The zero-order valence-electron chi connectivity index (χ0n) is 38.8. The van der Waals surface area contributed by atoms with Crippen LogP contribution in [0.5, 0.6) is 0 Å². The number of alkyl carbamates (subject to hydrolysis) is 2. The van der Waals surface area contributed by atoms with Crippen LogP contribution in [0.3, 0.4) is 0 Å². The average Bonchev–Trinajstić information content (AvgIpc) is 3.11. The number of hydrogen-bond acceptors (Lipinski definition) is 10. The minimum absolute atomic E-state index is 0.00292. The van der Waals surface area contributed by atoms with E-state index in [9.17, 15) is 24.0 Å². The Morgan fingerprint density at radius 3 is 1.59 bits per heavy atom. The molecule has 0 atom stereocenters. The van der Waals surface area contributed by atoms with Crippen LogP contribution in [0.1, 0.15) is 111 Å². The van der Waals surface area contributed by atoms with Crippen molar-refractivity contribution in [2.75, 3.05) is 49.5 Å². The zero-order valence-corrected chi connectivity index (χ0v) is 39.5. The van der Waals surface area contributed by atoms with Crippen LogP contribution in [-0.2, 0) is 18.9 Å². The van der Waals surface area contributed by atoms with E-state index in [2.05, 4.69) is 30.8 Å². The Bertz CT molecular complexity index is 2130. The second-order valence-corrected chi connectivity index (χ2v) is 19.5. The highest BCUT2D eigenvalue weighted by atomic mass is 35.5. The van der Waals surface area contributed by atoms with Crippen molar-refractivity contribution in [1.29, 1.82) is 0 Å². The Balaban J connectivity index is 1.40. The number of guanidine groups is 2. The van der Waals surface area contributed by atoms with Gasteiger partial charge in [0.1, 0.15) is 22.4 Å². The third-order valence-corrected chi connectivity index (χ3v) is 9.18. The number of ether oxygens (including phenoxy) is 4. The summed E-state index contributed by atoms with van der Waals surface area (Å²) in [5.74, 6) is -0.282. The second kappa shape index (κ2) is 20.1. The second-order valence-electron chi connectivity index (χ2n) is 19.1. The SMILES string of the molecule is Cc1cc(NC(=O)c2ccc(C3=CCN(/C(=N/C(=O)OC(C)(C)C)NC(=O)OC(C)(C)C)CC3)c(Cl)c2)ccc1N1CCN(/C(=N/C(=O)OC(C)(C)C)NC(=O)OC(C)(C)C)CC1. The van der Waals surface area contributed by atoms with Gasteiger partial charge in [-0.05, 0) is 143 Å². The van der Waals surface area contributed by atoms with Gasteiger partial charge in [-0.25, -0.2) is 19.2 Å². The Morgan fingerprint density at radius 1 is 0.635 bits per heavy atom. The fourth-order valence-corrected chi connectivity index (χ4v) is 6.66. The summed E-state index contributed by atoms with van der Waals surface area (Å²) in [6.45, 7) is 25.5. The highest BCUT2D eigenvalue weighted by molar-refractivity contribution is 6.33. The van der Waals surface area contributed by atoms with Gasteiger partial charge in [0, 0.05) is 61.2 Å². The Kier molecular flexibility index (Phi) is 15.9. The Labute approximate surface area is 375 Å². The number of carbonyl (C=O) groups is 5. The quantitative estimate of drug-likeness (QED) is 0.150. The highest BCUT2D eigenvalue weighted by Gasteiger charge is 2.28. The summed E-state index contributed by atoms with van der Waals surface area (Å²) in [5, 5.41) is 8.58. The Morgan fingerprint density at radius 2 is 1.14 bits per heavy atom. The molecule has 18 heteroatoms. The van der Waals surface area contributed by atoms with E-state index in [1.54, 1.807) is 111 Å². The third kappa shape index (κ3) is 16.4. The van der Waals surface area contributed by atoms with Crippen molar-refractivity contribution in [1.82, 2.24) is 20.4 Å². The van der Waals surface area contributed by atoms with Gasteiger partial charge < -0.3 is 39.0 Å². The molecule has 3 N–H and O–H groups in total. The first-order valence-electron chi connectivity index (χ1n) is 20.8. The number of anilines is 2. The summed E-state index contributed by atoms with van der Waals surface area (Å²) < 4.78 is 21.5. The lowest BCUT2D eigenvalue weighted by atomic mass is 9.98. The molecule has 344 valence electrons. The van der Waals surface area contributed by atoms with Gasteiger partial charge in [0.25, 0.3) is 5.91 Å². The summed E-state index contributed by atoms with van der Waals surface area (Å²) in [5.41, 5.74) is 1.49. The molecule has 4 rings (SSSR count). The molecule has 0 unspecified atom stereocenters. The number of aliphatic imine (C=N–C) groups is 2. The number of nitrogens with zero attached hydrogens (tertiary/aromatic N) is 5. The summed E-state index contributed by atoms with van der Waals surface area (Å²) in [4.78, 5) is 77.8. The summed E-state index contributed by atoms with van der Waals surface area (Å²) in [7, 11) is 0. The molecule has 0 spiro atoms. The molecule has 0 aliphatic carbocycles. The van der Waals surface area contributed by atoms with Gasteiger partial charge in [-0.15, -0.1) is 9.98 Å². The lowest BCUT2D eigenvalue weighted by Crippen LogP contribution is -2.54. The van der Waals surface area contributed by atoms with E-state index < -0.39 is 46.8 Å². The Hall–Kier alpha value is -5.84. The van der Waals surface area contributed by atoms with E-state index in [0.29, 0.717) is 62.0 Å². The predicted octanol–water partition coefficient (Wildman–Crippen LogP) is 8.74. The summed E-state index contributed by atoms with van der Waals surface area (Å²) in [6, 6.07) is 10.8. The van der Waals surface area contributed by atoms with Gasteiger partial charge in [-0.3, -0.25) is 15.4 Å². The van der Waals surface area contributed by atoms with Gasteiger partial charge in [0.15, 0.2) is 0 Å². The van der Waals surface area contributed by atoms with Crippen molar-refractivity contribution < 1.29 is 42.9 Å². The topological polar surface area (TPSA) is 193 Å². The van der Waals surface area contributed by atoms with Crippen LogP contribution in [0.25, 0.3) is 5.57 Å². The first-order valence-corrected chi connectivity index (χ1v) is 21.2. The van der Waals surface area contributed by atoms with Gasteiger partial charge in [-0.2, -0.15) is 0 Å². The molecule has 17 nitrogen and oxygen atoms in total. The lowest BCUT2D eigenvalue weighted by Gasteiger charge is -2.38. The van der Waals surface area contributed by atoms with Crippen molar-refractivity contribution >= 4 is 70.7 Å². The number of halogens is 1. The number of rotatable bonds is 4. The molecule has 2 aliphatic heterocycles. The van der Waals surface area contributed by atoms with E-state index in [-0.39, 0.29) is 17.8 Å². The van der Waals surface area contributed by atoms with Gasteiger partial charge in [-0.1, -0.05) is 23.7 Å². The molecule has 1 saturated heterocycles. The van der Waals surface area contributed by atoms with Crippen LogP contribution >= 0.6 is 11.6 Å². The number of aryl methyl sites for hydroxylation is 1. The molecule has 2 aliphatic rings. The largest absolute Gasteiger partial charge is 0.444 e. The number of piperazine rings is 1. The molecule has 2 aromatic carbocycles. The first-order chi connectivity index (χ1) is 29.0. The van der Waals surface area contributed by atoms with E-state index in [1.807, 2.05) is 31.2 Å². The molecule has 0 saturated carbocycles. The predicted molar refractivity (Wildman–Crippen MR) is 245 cm³/mol. The minimum atomic E-state index is -0.851. The maximum atomic E-state index is 13.4. The van der Waals surface area contributed by atoms with E-state index in [4.69, 9.17) is 30.5 Å². The van der Waals surface area contributed by atoms with Crippen molar-refractivity contribution in [2.24, 2.45) is 9.98 Å². The van der Waals surface area contributed by atoms with Crippen LogP contribution in [0.15, 0.2) is 52.5 Å².